The standard InChI is InChI=1S/C10H16O2/c1-11-9-4-5-10-8(7-9)3-2-6-12-10/h7,9-10H,2-6H2,1H3/t9-,10+/m1/s1. The third-order valence-electron chi connectivity index (χ3n) is 2.76. The van der Waals surface area contributed by atoms with Crippen molar-refractivity contribution in [3.05, 3.63) is 11.6 Å². The number of hydrogen-bond donors (Lipinski definition) is 0. The van der Waals surface area contributed by atoms with E-state index in [1.807, 2.05) is 0 Å². The topological polar surface area (TPSA) is 18.5 Å². The van der Waals surface area contributed by atoms with Crippen LogP contribution in [-0.4, -0.2) is 25.9 Å². The molecule has 12 heavy (non-hydrogen) atoms. The fraction of sp³-hybridized carbons (Fsp3) is 0.800. The minimum Gasteiger partial charge on any atom is -0.377 e. The van der Waals surface area contributed by atoms with Crippen LogP contribution in [0, 0.1) is 0 Å². The van der Waals surface area contributed by atoms with Crippen LogP contribution < -0.4 is 0 Å². The van der Waals surface area contributed by atoms with Crippen LogP contribution >= 0.6 is 0 Å². The summed E-state index contributed by atoms with van der Waals surface area (Å²) in [7, 11) is 1.78. The molecule has 0 amide bonds. The summed E-state index contributed by atoms with van der Waals surface area (Å²) in [6.07, 6.45) is 7.68. The predicted octanol–water partition coefficient (Wildman–Crippen LogP) is 1.90. The van der Waals surface area contributed by atoms with Gasteiger partial charge in [-0.15, -0.1) is 0 Å². The van der Waals surface area contributed by atoms with Crippen molar-refractivity contribution in [1.82, 2.24) is 0 Å². The molecule has 0 aromatic heterocycles. The fourth-order valence-electron chi connectivity index (χ4n) is 2.05. The van der Waals surface area contributed by atoms with Crippen molar-refractivity contribution in [3.8, 4) is 0 Å². The number of rotatable bonds is 1. The summed E-state index contributed by atoms with van der Waals surface area (Å²) >= 11 is 0. The van der Waals surface area contributed by atoms with E-state index < -0.39 is 0 Å². The van der Waals surface area contributed by atoms with E-state index in [0.717, 1.165) is 19.4 Å². The second-order valence-corrected chi connectivity index (χ2v) is 3.56. The largest absolute Gasteiger partial charge is 0.377 e. The molecule has 68 valence electrons. The number of methoxy groups -OCH3 is 1. The van der Waals surface area contributed by atoms with E-state index in [4.69, 9.17) is 9.47 Å². The molecule has 1 aliphatic carbocycles. The third kappa shape index (κ3) is 1.54. The van der Waals surface area contributed by atoms with Crippen molar-refractivity contribution >= 4 is 0 Å². The zero-order chi connectivity index (χ0) is 8.39. The van der Waals surface area contributed by atoms with Crippen molar-refractivity contribution in [1.29, 1.82) is 0 Å². The van der Waals surface area contributed by atoms with E-state index in [1.54, 1.807) is 7.11 Å². The lowest BCUT2D eigenvalue weighted by molar-refractivity contribution is 0.0228. The first-order valence-electron chi connectivity index (χ1n) is 4.75. The van der Waals surface area contributed by atoms with Crippen LogP contribution in [0.2, 0.25) is 0 Å². The molecule has 2 aliphatic rings. The minimum atomic E-state index is 0.345. The van der Waals surface area contributed by atoms with Gasteiger partial charge in [-0.2, -0.15) is 0 Å². The van der Waals surface area contributed by atoms with Gasteiger partial charge in [0.15, 0.2) is 0 Å². The molecule has 2 atom stereocenters. The Balaban J connectivity index is 2.06. The lowest BCUT2D eigenvalue weighted by Crippen LogP contribution is -2.29. The van der Waals surface area contributed by atoms with Gasteiger partial charge in [-0.3, -0.25) is 0 Å². The lowest BCUT2D eigenvalue weighted by atomic mass is 9.90. The van der Waals surface area contributed by atoms with Crippen molar-refractivity contribution in [2.24, 2.45) is 0 Å². The van der Waals surface area contributed by atoms with Gasteiger partial charge in [0.1, 0.15) is 0 Å². The van der Waals surface area contributed by atoms with E-state index in [1.165, 1.54) is 18.4 Å². The zero-order valence-corrected chi connectivity index (χ0v) is 7.58. The fourth-order valence-corrected chi connectivity index (χ4v) is 2.05. The maximum atomic E-state index is 5.65. The van der Waals surface area contributed by atoms with Crippen LogP contribution in [0.15, 0.2) is 11.6 Å². The molecule has 0 radical (unpaired) electrons. The van der Waals surface area contributed by atoms with Crippen molar-refractivity contribution in [3.63, 3.8) is 0 Å². The van der Waals surface area contributed by atoms with Crippen LogP contribution in [-0.2, 0) is 9.47 Å². The highest BCUT2D eigenvalue weighted by atomic mass is 16.5. The Hall–Kier alpha value is -0.340. The molecule has 0 N–H and O–H groups in total. The van der Waals surface area contributed by atoms with Gasteiger partial charge >= 0.3 is 0 Å². The molecule has 1 heterocycles. The molecule has 2 heteroatoms. The monoisotopic (exact) mass is 168 g/mol. The molecule has 0 spiro atoms. The second kappa shape index (κ2) is 3.58. The van der Waals surface area contributed by atoms with Gasteiger partial charge in [0.2, 0.25) is 0 Å². The zero-order valence-electron chi connectivity index (χ0n) is 7.58. The van der Waals surface area contributed by atoms with Gasteiger partial charge in [-0.05, 0) is 31.3 Å². The van der Waals surface area contributed by atoms with E-state index >= 15 is 0 Å². The third-order valence-corrected chi connectivity index (χ3v) is 2.76. The Bertz CT molecular complexity index is 186. The lowest BCUT2D eigenvalue weighted by Gasteiger charge is -2.31. The molecule has 0 aromatic rings. The maximum absolute atomic E-state index is 5.65. The molecular weight excluding hydrogens is 152 g/mol. The molecule has 1 saturated heterocycles. The molecular formula is C10H16O2. The Morgan fingerprint density at radius 3 is 3.25 bits per heavy atom. The summed E-state index contributed by atoms with van der Waals surface area (Å²) in [6.45, 7) is 0.944. The quantitative estimate of drug-likeness (QED) is 0.557. The van der Waals surface area contributed by atoms with Gasteiger partial charge in [0.05, 0.1) is 12.2 Å². The highest BCUT2D eigenvalue weighted by molar-refractivity contribution is 5.16. The van der Waals surface area contributed by atoms with Gasteiger partial charge in [-0.1, -0.05) is 6.08 Å². The number of ether oxygens (including phenoxy) is 2. The van der Waals surface area contributed by atoms with Gasteiger partial charge in [-0.25, -0.2) is 0 Å². The smallest absolute Gasteiger partial charge is 0.0787 e. The average Bonchev–Trinajstić information content (AvgIpc) is 2.17. The Morgan fingerprint density at radius 1 is 1.50 bits per heavy atom. The first-order valence-corrected chi connectivity index (χ1v) is 4.75. The minimum absolute atomic E-state index is 0.345. The number of fused-ring (bicyclic) bond motifs is 1. The van der Waals surface area contributed by atoms with Gasteiger partial charge < -0.3 is 9.47 Å². The van der Waals surface area contributed by atoms with Crippen LogP contribution in [0.5, 0.6) is 0 Å². The van der Waals surface area contributed by atoms with Crippen LogP contribution in [0.4, 0.5) is 0 Å². The highest BCUT2D eigenvalue weighted by Crippen LogP contribution is 2.29. The maximum Gasteiger partial charge on any atom is 0.0787 e. The van der Waals surface area contributed by atoms with E-state index in [9.17, 15) is 0 Å². The highest BCUT2D eigenvalue weighted by Gasteiger charge is 2.25. The van der Waals surface area contributed by atoms with E-state index in [0.29, 0.717) is 12.2 Å². The second-order valence-electron chi connectivity index (χ2n) is 3.56. The van der Waals surface area contributed by atoms with Gasteiger partial charge in [0, 0.05) is 13.7 Å². The van der Waals surface area contributed by atoms with Gasteiger partial charge in [0.25, 0.3) is 0 Å². The first kappa shape index (κ1) is 8.27. The molecule has 2 rings (SSSR count). The average molecular weight is 168 g/mol. The molecule has 0 saturated carbocycles. The van der Waals surface area contributed by atoms with Crippen LogP contribution in [0.3, 0.4) is 0 Å². The molecule has 2 nitrogen and oxygen atoms in total. The van der Waals surface area contributed by atoms with Crippen LogP contribution in [0.1, 0.15) is 25.7 Å². The summed E-state index contributed by atoms with van der Waals surface area (Å²) in [5, 5.41) is 0. The van der Waals surface area contributed by atoms with E-state index in [2.05, 4.69) is 6.08 Å². The molecule has 0 aromatic carbocycles. The Morgan fingerprint density at radius 2 is 2.42 bits per heavy atom. The molecule has 0 unspecified atom stereocenters. The summed E-state index contributed by atoms with van der Waals surface area (Å²) in [5.74, 6) is 0. The SMILES string of the molecule is CO[C@H]1C=C2CCCO[C@H]2CC1. The normalized spacial score (nSPS) is 35.6. The summed E-state index contributed by atoms with van der Waals surface area (Å²) < 4.78 is 11.0. The Kier molecular flexibility index (Phi) is 2.47. The first-order chi connectivity index (χ1) is 5.90. The number of hydrogen-bond acceptors (Lipinski definition) is 2. The summed E-state index contributed by atoms with van der Waals surface area (Å²) in [5.41, 5.74) is 1.47. The molecule has 1 aliphatic heterocycles. The van der Waals surface area contributed by atoms with Crippen molar-refractivity contribution in [2.45, 2.75) is 37.9 Å². The predicted molar refractivity (Wildman–Crippen MR) is 47.1 cm³/mol. The van der Waals surface area contributed by atoms with Crippen LogP contribution in [0.25, 0.3) is 0 Å². The van der Waals surface area contributed by atoms with Crippen molar-refractivity contribution in [2.75, 3.05) is 13.7 Å². The molecule has 1 fully saturated rings. The molecule has 0 bridgehead atoms. The van der Waals surface area contributed by atoms with E-state index in [-0.39, 0.29) is 0 Å². The summed E-state index contributed by atoms with van der Waals surface area (Å²) in [4.78, 5) is 0. The Labute approximate surface area is 73.5 Å². The van der Waals surface area contributed by atoms with Crippen molar-refractivity contribution < 1.29 is 9.47 Å². The summed E-state index contributed by atoms with van der Waals surface area (Å²) in [6, 6.07) is 0.